The number of nitrogens with one attached hydrogen (secondary N) is 1. The fourth-order valence-electron chi connectivity index (χ4n) is 3.20. The minimum absolute atomic E-state index is 0. The number of rotatable bonds is 4. The van der Waals surface area contributed by atoms with Crippen molar-refractivity contribution < 1.29 is 6.16 Å². The molecule has 1 N–H and O–H groups in total. The van der Waals surface area contributed by atoms with Crippen molar-refractivity contribution in [3.8, 4) is 0 Å². The van der Waals surface area contributed by atoms with Crippen molar-refractivity contribution in [1.29, 1.82) is 0 Å². The summed E-state index contributed by atoms with van der Waals surface area (Å²) in [6.07, 6.45) is 5.25. The molecule has 7 heteroatoms. The molecule has 3 rings (SSSR count). The summed E-state index contributed by atoms with van der Waals surface area (Å²) in [5.74, 6) is 2.41. The van der Waals surface area contributed by atoms with Crippen molar-refractivity contribution >= 4 is 23.5 Å². The number of pyridine rings is 1. The topological polar surface area (TPSA) is 67.6 Å². The molecular weight excluding hydrogens is 364 g/mol. The van der Waals surface area contributed by atoms with Gasteiger partial charge < -0.3 is 19.5 Å². The molecular formula is C22H36N6O. The van der Waals surface area contributed by atoms with E-state index in [2.05, 4.69) is 59.5 Å². The highest BCUT2D eigenvalue weighted by Crippen LogP contribution is 2.22. The Bertz CT molecular complexity index is 872. The summed E-state index contributed by atoms with van der Waals surface area (Å²) in [4.78, 5) is 15.7. The standard InChI is InChI=1S/C19H26N6O.C3H8.H2/c1-6-24-8-7-16(9-18(24)20-5)23-17-10-19(22-15(4)21-17)25-11-13(2)26-14(3)12-25;1-3-2;/h6-10,13-14H,1,11-12H2,2-5H3,(H,21,22,23);3H2,1-2H3;1H/t13-,14+;;. The predicted octanol–water partition coefficient (Wildman–Crippen LogP) is 4.24. The molecule has 1 fully saturated rings. The lowest BCUT2D eigenvalue weighted by atomic mass is 10.2. The minimum atomic E-state index is 0. The molecule has 2 aromatic rings. The normalized spacial score (nSPS) is 19.4. The van der Waals surface area contributed by atoms with E-state index in [9.17, 15) is 0 Å². The molecule has 0 unspecified atom stereocenters. The maximum absolute atomic E-state index is 5.82. The van der Waals surface area contributed by atoms with Gasteiger partial charge in [-0.1, -0.05) is 26.8 Å². The minimum Gasteiger partial charge on any atom is -0.372 e. The SMILES string of the molecule is C=Cn1ccc(Nc2cc(N3C[C@@H](C)O[C@@H](C)C3)nc(C)n2)cc1=NC.CCC.[HH]. The Morgan fingerprint density at radius 1 is 1.28 bits per heavy atom. The van der Waals surface area contributed by atoms with E-state index in [1.165, 1.54) is 6.42 Å². The highest BCUT2D eigenvalue weighted by Gasteiger charge is 2.23. The quantitative estimate of drug-likeness (QED) is 0.831. The van der Waals surface area contributed by atoms with Gasteiger partial charge in [0.25, 0.3) is 0 Å². The summed E-state index contributed by atoms with van der Waals surface area (Å²) in [5, 5.41) is 3.36. The molecule has 0 aliphatic carbocycles. The van der Waals surface area contributed by atoms with Crippen molar-refractivity contribution in [2.75, 3.05) is 30.4 Å². The number of nitrogens with zero attached hydrogens (tertiary/aromatic N) is 5. The number of hydrogen-bond donors (Lipinski definition) is 1. The molecule has 1 saturated heterocycles. The van der Waals surface area contributed by atoms with E-state index in [0.717, 1.165) is 41.7 Å². The largest absolute Gasteiger partial charge is 0.372 e. The van der Waals surface area contributed by atoms with Gasteiger partial charge in [-0.05, 0) is 26.8 Å². The van der Waals surface area contributed by atoms with Crippen molar-refractivity contribution in [1.82, 2.24) is 14.5 Å². The molecule has 160 valence electrons. The second-order valence-corrected chi connectivity index (χ2v) is 7.24. The van der Waals surface area contributed by atoms with E-state index in [4.69, 9.17) is 4.74 Å². The Kier molecular flexibility index (Phi) is 8.39. The van der Waals surface area contributed by atoms with E-state index >= 15 is 0 Å². The van der Waals surface area contributed by atoms with Crippen molar-refractivity contribution in [3.05, 3.63) is 42.3 Å². The molecule has 0 bridgehead atoms. The molecule has 0 saturated carbocycles. The highest BCUT2D eigenvalue weighted by molar-refractivity contribution is 5.59. The molecule has 0 aromatic carbocycles. The summed E-state index contributed by atoms with van der Waals surface area (Å²) >= 11 is 0. The first-order valence-electron chi connectivity index (χ1n) is 10.2. The Balaban J connectivity index is 0.00000106. The van der Waals surface area contributed by atoms with Crippen LogP contribution in [-0.2, 0) is 4.74 Å². The number of aryl methyl sites for hydroxylation is 1. The van der Waals surface area contributed by atoms with Crippen molar-refractivity contribution in [2.45, 2.75) is 53.2 Å². The number of aromatic nitrogens is 3. The Morgan fingerprint density at radius 3 is 2.52 bits per heavy atom. The van der Waals surface area contributed by atoms with Crippen LogP contribution in [0.5, 0.6) is 0 Å². The van der Waals surface area contributed by atoms with Crippen LogP contribution in [0.3, 0.4) is 0 Å². The number of anilines is 3. The molecule has 0 spiro atoms. The first kappa shape index (κ1) is 22.6. The van der Waals surface area contributed by atoms with Crippen LogP contribution in [0.4, 0.5) is 17.3 Å². The van der Waals surface area contributed by atoms with Gasteiger partial charge in [0, 0.05) is 51.8 Å². The highest BCUT2D eigenvalue weighted by atomic mass is 16.5. The summed E-state index contributed by atoms with van der Waals surface area (Å²) in [6.45, 7) is 15.8. The van der Waals surface area contributed by atoms with E-state index < -0.39 is 0 Å². The lowest BCUT2D eigenvalue weighted by Gasteiger charge is -2.36. The van der Waals surface area contributed by atoms with Crippen LogP contribution in [0, 0.1) is 6.92 Å². The van der Waals surface area contributed by atoms with Gasteiger partial charge in [0.15, 0.2) is 0 Å². The third-order valence-corrected chi connectivity index (χ3v) is 4.23. The molecule has 2 aromatic heterocycles. The van der Waals surface area contributed by atoms with Crippen LogP contribution in [0.15, 0.2) is 36.0 Å². The summed E-state index contributed by atoms with van der Waals surface area (Å²) < 4.78 is 7.68. The first-order valence-corrected chi connectivity index (χ1v) is 10.2. The summed E-state index contributed by atoms with van der Waals surface area (Å²) in [5.41, 5.74) is 1.73. The van der Waals surface area contributed by atoms with Crippen LogP contribution in [0.1, 0.15) is 41.4 Å². The lowest BCUT2D eigenvalue weighted by Crippen LogP contribution is -2.45. The average Bonchev–Trinajstić information content (AvgIpc) is 2.67. The Labute approximate surface area is 175 Å². The fraction of sp³-hybridized carbons (Fsp3) is 0.500. The monoisotopic (exact) mass is 400 g/mol. The zero-order valence-corrected chi connectivity index (χ0v) is 18.5. The predicted molar refractivity (Wildman–Crippen MR) is 123 cm³/mol. The molecule has 0 radical (unpaired) electrons. The van der Waals surface area contributed by atoms with E-state index in [1.54, 1.807) is 13.2 Å². The third-order valence-electron chi connectivity index (χ3n) is 4.23. The Hall–Kier alpha value is -2.67. The maximum Gasteiger partial charge on any atom is 0.136 e. The van der Waals surface area contributed by atoms with Gasteiger partial charge in [-0.2, -0.15) is 0 Å². The van der Waals surface area contributed by atoms with Gasteiger partial charge in [0.2, 0.25) is 0 Å². The Morgan fingerprint density at radius 2 is 1.93 bits per heavy atom. The fourth-order valence-corrected chi connectivity index (χ4v) is 3.20. The third kappa shape index (κ3) is 6.42. The second-order valence-electron chi connectivity index (χ2n) is 7.24. The average molecular weight is 401 g/mol. The van der Waals surface area contributed by atoms with E-state index in [0.29, 0.717) is 0 Å². The first-order chi connectivity index (χ1) is 13.9. The van der Waals surface area contributed by atoms with Crippen LogP contribution in [-0.4, -0.2) is 46.9 Å². The van der Waals surface area contributed by atoms with E-state index in [1.807, 2.05) is 35.9 Å². The smallest absolute Gasteiger partial charge is 0.136 e. The summed E-state index contributed by atoms with van der Waals surface area (Å²) in [7, 11) is 1.76. The van der Waals surface area contributed by atoms with Crippen molar-refractivity contribution in [3.63, 3.8) is 0 Å². The van der Waals surface area contributed by atoms with Gasteiger partial charge in [0.1, 0.15) is 22.9 Å². The van der Waals surface area contributed by atoms with Crippen LogP contribution in [0.25, 0.3) is 6.20 Å². The lowest BCUT2D eigenvalue weighted by molar-refractivity contribution is -0.00547. The second kappa shape index (κ2) is 10.8. The van der Waals surface area contributed by atoms with Crippen LogP contribution >= 0.6 is 0 Å². The van der Waals surface area contributed by atoms with Gasteiger partial charge in [0.05, 0.1) is 12.2 Å². The molecule has 7 nitrogen and oxygen atoms in total. The molecule has 29 heavy (non-hydrogen) atoms. The summed E-state index contributed by atoms with van der Waals surface area (Å²) in [6, 6.07) is 5.90. The van der Waals surface area contributed by atoms with Gasteiger partial charge in [-0.15, -0.1) is 0 Å². The molecule has 2 atom stereocenters. The zero-order chi connectivity index (χ0) is 21.4. The van der Waals surface area contributed by atoms with Crippen LogP contribution in [0.2, 0.25) is 0 Å². The maximum atomic E-state index is 5.82. The van der Waals surface area contributed by atoms with Gasteiger partial charge in [-0.25, -0.2) is 9.97 Å². The molecule has 1 aliphatic heterocycles. The van der Waals surface area contributed by atoms with Gasteiger partial charge >= 0.3 is 0 Å². The molecule has 0 amide bonds. The van der Waals surface area contributed by atoms with E-state index in [-0.39, 0.29) is 13.6 Å². The molecule has 1 aliphatic rings. The van der Waals surface area contributed by atoms with Crippen LogP contribution < -0.4 is 15.7 Å². The number of hydrogen-bond acceptors (Lipinski definition) is 6. The molecule has 3 heterocycles. The van der Waals surface area contributed by atoms with Crippen molar-refractivity contribution in [2.24, 2.45) is 4.99 Å². The number of morpholine rings is 1. The number of ether oxygens (including phenoxy) is 1. The zero-order valence-electron chi connectivity index (χ0n) is 18.5. The van der Waals surface area contributed by atoms with Gasteiger partial charge in [-0.3, -0.25) is 4.99 Å².